The highest BCUT2D eigenvalue weighted by Crippen LogP contribution is 2.27. The van der Waals surface area contributed by atoms with Gasteiger partial charge in [-0.3, -0.25) is 0 Å². The first-order valence-electron chi connectivity index (χ1n) is 6.97. The van der Waals surface area contributed by atoms with Crippen LogP contribution in [0.1, 0.15) is 41.1 Å². The van der Waals surface area contributed by atoms with Crippen LogP contribution in [0.2, 0.25) is 0 Å². The third-order valence-corrected chi connectivity index (χ3v) is 4.03. The van der Waals surface area contributed by atoms with Crippen molar-refractivity contribution in [1.29, 1.82) is 0 Å². The molecule has 0 amide bonds. The molecular formula is C17H20N2. The quantitative estimate of drug-likeness (QED) is 0.806. The first-order chi connectivity index (χ1) is 9.24. The lowest BCUT2D eigenvalue weighted by Crippen LogP contribution is -2.13. The van der Waals surface area contributed by atoms with Crippen molar-refractivity contribution in [3.8, 4) is 0 Å². The molecule has 2 aromatic carbocycles. The molecule has 0 bridgehead atoms. The minimum absolute atomic E-state index is 0.0622. The molecule has 1 unspecified atom stereocenters. The number of benzene rings is 2. The van der Waals surface area contributed by atoms with Crippen LogP contribution in [-0.2, 0) is 12.8 Å². The lowest BCUT2D eigenvalue weighted by Gasteiger charge is -2.19. The first-order valence-corrected chi connectivity index (χ1v) is 6.97. The van der Waals surface area contributed by atoms with Gasteiger partial charge in [0, 0.05) is 5.69 Å². The van der Waals surface area contributed by atoms with Crippen molar-refractivity contribution in [3.05, 3.63) is 64.7 Å². The molecule has 0 fully saturated rings. The molecule has 2 nitrogen and oxygen atoms in total. The van der Waals surface area contributed by atoms with Gasteiger partial charge in [0.2, 0.25) is 0 Å². The van der Waals surface area contributed by atoms with Crippen LogP contribution in [0, 0.1) is 0 Å². The maximum Gasteiger partial charge on any atom is 0.0551 e. The summed E-state index contributed by atoms with van der Waals surface area (Å²) in [6, 6.07) is 14.5. The second kappa shape index (κ2) is 5.06. The van der Waals surface area contributed by atoms with Gasteiger partial charge in [-0.1, -0.05) is 30.3 Å². The number of anilines is 1. The molecule has 1 aliphatic carbocycles. The Balaban J connectivity index is 1.91. The Labute approximate surface area is 114 Å². The van der Waals surface area contributed by atoms with E-state index in [0.717, 1.165) is 11.3 Å². The number of rotatable bonds is 2. The third kappa shape index (κ3) is 2.49. The van der Waals surface area contributed by atoms with E-state index in [9.17, 15) is 0 Å². The SMILES string of the molecule is Nc1ccc(C(N)c2ccc3c(c2)CCCC3)cc1. The van der Waals surface area contributed by atoms with Gasteiger partial charge < -0.3 is 11.5 Å². The van der Waals surface area contributed by atoms with Gasteiger partial charge in [0.25, 0.3) is 0 Å². The molecule has 0 spiro atoms. The van der Waals surface area contributed by atoms with E-state index in [-0.39, 0.29) is 6.04 Å². The van der Waals surface area contributed by atoms with Gasteiger partial charge in [-0.25, -0.2) is 0 Å². The highest BCUT2D eigenvalue weighted by Gasteiger charge is 2.13. The molecule has 4 N–H and O–H groups in total. The number of hydrogen-bond acceptors (Lipinski definition) is 2. The van der Waals surface area contributed by atoms with Crippen LogP contribution in [0.25, 0.3) is 0 Å². The van der Waals surface area contributed by atoms with Crippen LogP contribution < -0.4 is 11.5 Å². The number of nitrogen functional groups attached to an aromatic ring is 1. The zero-order valence-electron chi connectivity index (χ0n) is 11.1. The molecule has 1 aliphatic rings. The van der Waals surface area contributed by atoms with Crippen LogP contribution >= 0.6 is 0 Å². The van der Waals surface area contributed by atoms with Crippen molar-refractivity contribution in [2.45, 2.75) is 31.7 Å². The summed E-state index contributed by atoms with van der Waals surface area (Å²) in [6.07, 6.45) is 5.02. The van der Waals surface area contributed by atoms with Gasteiger partial charge >= 0.3 is 0 Å². The molecule has 3 rings (SSSR count). The number of nitrogens with two attached hydrogens (primary N) is 2. The van der Waals surface area contributed by atoms with Gasteiger partial charge in [-0.15, -0.1) is 0 Å². The number of fused-ring (bicyclic) bond motifs is 1. The summed E-state index contributed by atoms with van der Waals surface area (Å²) in [5.74, 6) is 0. The predicted octanol–water partition coefficient (Wildman–Crippen LogP) is 3.20. The Kier molecular flexibility index (Phi) is 3.26. The van der Waals surface area contributed by atoms with E-state index in [0.29, 0.717) is 0 Å². The molecule has 2 heteroatoms. The van der Waals surface area contributed by atoms with E-state index in [4.69, 9.17) is 11.5 Å². The van der Waals surface area contributed by atoms with Crippen LogP contribution in [0.3, 0.4) is 0 Å². The Bertz CT molecular complexity index is 572. The lowest BCUT2D eigenvalue weighted by molar-refractivity contribution is 0.682. The fourth-order valence-corrected chi connectivity index (χ4v) is 2.84. The van der Waals surface area contributed by atoms with Crippen LogP contribution in [0.15, 0.2) is 42.5 Å². The van der Waals surface area contributed by atoms with Gasteiger partial charge in [-0.2, -0.15) is 0 Å². The zero-order valence-corrected chi connectivity index (χ0v) is 11.1. The van der Waals surface area contributed by atoms with Crippen molar-refractivity contribution in [3.63, 3.8) is 0 Å². The summed E-state index contributed by atoms with van der Waals surface area (Å²) in [5, 5.41) is 0. The fraction of sp³-hybridized carbons (Fsp3) is 0.294. The molecule has 19 heavy (non-hydrogen) atoms. The normalized spacial score (nSPS) is 15.8. The van der Waals surface area contributed by atoms with Crippen LogP contribution in [0.4, 0.5) is 5.69 Å². The molecule has 0 saturated carbocycles. The summed E-state index contributed by atoms with van der Waals surface area (Å²) in [5.41, 5.74) is 18.1. The highest BCUT2D eigenvalue weighted by atomic mass is 14.6. The average molecular weight is 252 g/mol. The van der Waals surface area contributed by atoms with Crippen molar-refractivity contribution in [1.82, 2.24) is 0 Å². The van der Waals surface area contributed by atoms with Crippen molar-refractivity contribution in [2.24, 2.45) is 5.73 Å². The monoisotopic (exact) mass is 252 g/mol. The van der Waals surface area contributed by atoms with Crippen LogP contribution in [0.5, 0.6) is 0 Å². The van der Waals surface area contributed by atoms with E-state index >= 15 is 0 Å². The summed E-state index contributed by atoms with van der Waals surface area (Å²) in [4.78, 5) is 0. The molecular weight excluding hydrogens is 232 g/mol. The van der Waals surface area contributed by atoms with Gasteiger partial charge in [0.05, 0.1) is 6.04 Å². The van der Waals surface area contributed by atoms with E-state index in [1.54, 1.807) is 0 Å². The molecule has 2 aromatic rings. The molecule has 0 aliphatic heterocycles. The van der Waals surface area contributed by atoms with E-state index < -0.39 is 0 Å². The molecule has 0 saturated heterocycles. The lowest BCUT2D eigenvalue weighted by atomic mass is 9.88. The standard InChI is InChI=1S/C17H20N2/c18-16-9-7-13(8-10-16)17(19)15-6-5-12-3-1-2-4-14(12)11-15/h5-11,17H,1-4,18-19H2. The summed E-state index contributed by atoms with van der Waals surface area (Å²) >= 11 is 0. The zero-order chi connectivity index (χ0) is 13.2. The van der Waals surface area contributed by atoms with Crippen molar-refractivity contribution < 1.29 is 0 Å². The Morgan fingerprint density at radius 3 is 2.16 bits per heavy atom. The molecule has 98 valence electrons. The van der Waals surface area contributed by atoms with Gasteiger partial charge in [0.1, 0.15) is 0 Å². The number of aryl methyl sites for hydroxylation is 2. The fourth-order valence-electron chi connectivity index (χ4n) is 2.84. The minimum Gasteiger partial charge on any atom is -0.399 e. The second-order valence-corrected chi connectivity index (χ2v) is 5.38. The topological polar surface area (TPSA) is 52.0 Å². The smallest absolute Gasteiger partial charge is 0.0551 e. The number of hydrogen-bond donors (Lipinski definition) is 2. The summed E-state index contributed by atoms with van der Waals surface area (Å²) in [7, 11) is 0. The van der Waals surface area contributed by atoms with Crippen molar-refractivity contribution >= 4 is 5.69 Å². The van der Waals surface area contributed by atoms with Gasteiger partial charge in [-0.05, 0) is 60.1 Å². The van der Waals surface area contributed by atoms with Gasteiger partial charge in [0.15, 0.2) is 0 Å². The van der Waals surface area contributed by atoms with Crippen molar-refractivity contribution in [2.75, 3.05) is 5.73 Å². The largest absolute Gasteiger partial charge is 0.399 e. The Morgan fingerprint density at radius 2 is 1.42 bits per heavy atom. The average Bonchev–Trinajstić information content (AvgIpc) is 2.47. The molecule has 0 radical (unpaired) electrons. The summed E-state index contributed by atoms with van der Waals surface area (Å²) < 4.78 is 0. The predicted molar refractivity (Wildman–Crippen MR) is 80.0 cm³/mol. The van der Waals surface area contributed by atoms with E-state index in [1.165, 1.54) is 42.4 Å². The maximum absolute atomic E-state index is 6.36. The third-order valence-electron chi connectivity index (χ3n) is 4.03. The first kappa shape index (κ1) is 12.2. The van der Waals surface area contributed by atoms with E-state index in [2.05, 4.69) is 18.2 Å². The highest BCUT2D eigenvalue weighted by molar-refractivity contribution is 5.43. The van der Waals surface area contributed by atoms with Crippen LogP contribution in [-0.4, -0.2) is 0 Å². The Morgan fingerprint density at radius 1 is 0.789 bits per heavy atom. The molecule has 0 heterocycles. The maximum atomic E-state index is 6.36. The summed E-state index contributed by atoms with van der Waals surface area (Å²) in [6.45, 7) is 0. The Hall–Kier alpha value is -1.80. The minimum atomic E-state index is -0.0622. The molecule has 0 aromatic heterocycles. The van der Waals surface area contributed by atoms with E-state index in [1.807, 2.05) is 24.3 Å². The second-order valence-electron chi connectivity index (χ2n) is 5.38. The molecule has 1 atom stereocenters.